The Bertz CT molecular complexity index is 572. The lowest BCUT2D eigenvalue weighted by Gasteiger charge is -2.12. The molecule has 0 aliphatic heterocycles. The van der Waals surface area contributed by atoms with Gasteiger partial charge in [0.2, 0.25) is 0 Å². The van der Waals surface area contributed by atoms with Crippen molar-refractivity contribution in [3.63, 3.8) is 0 Å². The molecule has 0 fully saturated rings. The zero-order valence-electron chi connectivity index (χ0n) is 10.5. The van der Waals surface area contributed by atoms with Gasteiger partial charge in [-0.3, -0.25) is 0 Å². The first-order valence-corrected chi connectivity index (χ1v) is 6.84. The van der Waals surface area contributed by atoms with Crippen LogP contribution in [0.2, 0.25) is 5.02 Å². The van der Waals surface area contributed by atoms with E-state index in [1.807, 2.05) is 0 Å². The molecule has 98 valence electrons. The minimum atomic E-state index is -0.240. The van der Waals surface area contributed by atoms with Crippen molar-refractivity contribution in [2.45, 2.75) is 25.4 Å². The van der Waals surface area contributed by atoms with E-state index in [2.05, 4.69) is 29.6 Å². The Kier molecular flexibility index (Phi) is 3.54. The van der Waals surface area contributed by atoms with Gasteiger partial charge in [0.1, 0.15) is 5.82 Å². The molecule has 0 saturated carbocycles. The third-order valence-corrected chi connectivity index (χ3v) is 3.88. The molecule has 0 aromatic heterocycles. The maximum Gasteiger partial charge on any atom is 0.129 e. The highest BCUT2D eigenvalue weighted by molar-refractivity contribution is 6.30. The number of halogens is 2. The summed E-state index contributed by atoms with van der Waals surface area (Å²) in [4.78, 5) is 0. The minimum Gasteiger partial charge on any atom is -0.309 e. The van der Waals surface area contributed by atoms with E-state index in [0.717, 1.165) is 12.8 Å². The molecule has 0 saturated heterocycles. The van der Waals surface area contributed by atoms with Gasteiger partial charge >= 0.3 is 0 Å². The molecule has 1 N–H and O–H groups in total. The smallest absolute Gasteiger partial charge is 0.129 e. The molecular weight excluding hydrogens is 261 g/mol. The molecule has 1 aliphatic rings. The van der Waals surface area contributed by atoms with Gasteiger partial charge < -0.3 is 5.32 Å². The average Bonchev–Trinajstić information content (AvgIpc) is 2.80. The van der Waals surface area contributed by atoms with Crippen molar-refractivity contribution >= 4 is 11.6 Å². The van der Waals surface area contributed by atoms with E-state index >= 15 is 0 Å². The van der Waals surface area contributed by atoms with E-state index in [1.54, 1.807) is 12.1 Å². The predicted molar refractivity (Wildman–Crippen MR) is 75.9 cm³/mol. The van der Waals surface area contributed by atoms with Gasteiger partial charge in [0.25, 0.3) is 0 Å². The molecule has 0 bridgehead atoms. The summed E-state index contributed by atoms with van der Waals surface area (Å²) in [5.41, 5.74) is 3.47. The first kappa shape index (κ1) is 12.6. The molecule has 1 aliphatic carbocycles. The van der Waals surface area contributed by atoms with Crippen molar-refractivity contribution in [2.75, 3.05) is 0 Å². The summed E-state index contributed by atoms with van der Waals surface area (Å²) in [5, 5.41) is 3.86. The number of benzene rings is 2. The Morgan fingerprint density at radius 2 is 1.79 bits per heavy atom. The molecule has 3 rings (SSSR count). The lowest BCUT2D eigenvalue weighted by molar-refractivity contribution is 0.515. The van der Waals surface area contributed by atoms with Crippen LogP contribution in [0.25, 0.3) is 0 Å². The van der Waals surface area contributed by atoms with Gasteiger partial charge in [0, 0.05) is 23.2 Å². The number of fused-ring (bicyclic) bond motifs is 1. The summed E-state index contributed by atoms with van der Waals surface area (Å²) < 4.78 is 13.7. The summed E-state index contributed by atoms with van der Waals surface area (Å²) in [7, 11) is 0. The number of hydrogen-bond donors (Lipinski definition) is 1. The molecule has 0 heterocycles. The predicted octanol–water partition coefficient (Wildman–Crippen LogP) is 3.74. The van der Waals surface area contributed by atoms with Gasteiger partial charge in [-0.15, -0.1) is 0 Å². The van der Waals surface area contributed by atoms with Gasteiger partial charge in [-0.05, 0) is 36.1 Å². The van der Waals surface area contributed by atoms with Crippen LogP contribution in [0.1, 0.15) is 16.7 Å². The van der Waals surface area contributed by atoms with Crippen molar-refractivity contribution in [3.8, 4) is 0 Å². The van der Waals surface area contributed by atoms with Gasteiger partial charge in [-0.2, -0.15) is 0 Å². The molecular formula is C16H15ClFN. The van der Waals surface area contributed by atoms with Crippen molar-refractivity contribution in [2.24, 2.45) is 0 Å². The maximum atomic E-state index is 13.7. The third-order valence-electron chi connectivity index (χ3n) is 3.65. The number of hydrogen-bond acceptors (Lipinski definition) is 1. The van der Waals surface area contributed by atoms with Crippen LogP contribution in [0.4, 0.5) is 4.39 Å². The van der Waals surface area contributed by atoms with Crippen LogP contribution >= 0.6 is 11.6 Å². The number of rotatable bonds is 3. The second-order valence-corrected chi connectivity index (χ2v) is 5.43. The van der Waals surface area contributed by atoms with Crippen molar-refractivity contribution in [1.29, 1.82) is 0 Å². The second-order valence-electron chi connectivity index (χ2n) is 4.99. The summed E-state index contributed by atoms with van der Waals surface area (Å²) in [6.07, 6.45) is 2.04. The summed E-state index contributed by atoms with van der Waals surface area (Å²) >= 11 is 5.74. The normalized spacial score (nSPS) is 14.6. The molecule has 3 heteroatoms. The van der Waals surface area contributed by atoms with E-state index in [4.69, 9.17) is 11.6 Å². The molecule has 2 aromatic carbocycles. The van der Waals surface area contributed by atoms with Crippen LogP contribution in [-0.4, -0.2) is 6.04 Å². The quantitative estimate of drug-likeness (QED) is 0.900. The van der Waals surface area contributed by atoms with Crippen molar-refractivity contribution in [1.82, 2.24) is 5.32 Å². The lowest BCUT2D eigenvalue weighted by atomic mass is 10.1. The zero-order chi connectivity index (χ0) is 13.2. The largest absolute Gasteiger partial charge is 0.309 e. The standard InChI is InChI=1S/C16H15ClFN/c17-14-6-5-13(16(18)9-14)10-19-15-7-11-3-1-2-4-12(11)8-15/h1-6,9,15,19H,7-8,10H2. The molecule has 0 radical (unpaired) electrons. The fourth-order valence-electron chi connectivity index (χ4n) is 2.62. The highest BCUT2D eigenvalue weighted by Crippen LogP contribution is 2.22. The Hall–Kier alpha value is -1.38. The third kappa shape index (κ3) is 2.80. The van der Waals surface area contributed by atoms with Crippen molar-refractivity contribution < 1.29 is 4.39 Å². The molecule has 0 spiro atoms. The molecule has 0 amide bonds. The first-order chi connectivity index (χ1) is 9.22. The maximum absolute atomic E-state index is 13.7. The Morgan fingerprint density at radius 1 is 1.11 bits per heavy atom. The van der Waals surface area contributed by atoms with Crippen molar-refractivity contribution in [3.05, 3.63) is 70.0 Å². The molecule has 19 heavy (non-hydrogen) atoms. The first-order valence-electron chi connectivity index (χ1n) is 6.46. The average molecular weight is 276 g/mol. The highest BCUT2D eigenvalue weighted by atomic mass is 35.5. The van der Waals surface area contributed by atoms with Gasteiger partial charge in [-0.1, -0.05) is 41.9 Å². The van der Waals surface area contributed by atoms with Crippen LogP contribution in [0.3, 0.4) is 0 Å². The summed E-state index contributed by atoms with van der Waals surface area (Å²) in [6, 6.07) is 13.7. The molecule has 1 nitrogen and oxygen atoms in total. The summed E-state index contributed by atoms with van der Waals surface area (Å²) in [5.74, 6) is -0.240. The Labute approximate surface area is 117 Å². The van der Waals surface area contributed by atoms with Crippen LogP contribution in [0.5, 0.6) is 0 Å². The minimum absolute atomic E-state index is 0.240. The van der Waals surface area contributed by atoms with E-state index in [1.165, 1.54) is 17.2 Å². The lowest BCUT2D eigenvalue weighted by Crippen LogP contribution is -2.29. The van der Waals surface area contributed by atoms with E-state index in [-0.39, 0.29) is 5.82 Å². The van der Waals surface area contributed by atoms with E-state index < -0.39 is 0 Å². The molecule has 0 atom stereocenters. The highest BCUT2D eigenvalue weighted by Gasteiger charge is 2.20. The Balaban J connectivity index is 1.63. The van der Waals surface area contributed by atoms with Gasteiger partial charge in [0.15, 0.2) is 0 Å². The monoisotopic (exact) mass is 275 g/mol. The van der Waals surface area contributed by atoms with Crippen LogP contribution < -0.4 is 5.32 Å². The van der Waals surface area contributed by atoms with Crippen LogP contribution in [0, 0.1) is 5.82 Å². The topological polar surface area (TPSA) is 12.0 Å². The zero-order valence-corrected chi connectivity index (χ0v) is 11.3. The fourth-order valence-corrected chi connectivity index (χ4v) is 2.78. The second kappa shape index (κ2) is 5.32. The molecule has 0 unspecified atom stereocenters. The van der Waals surface area contributed by atoms with E-state index in [0.29, 0.717) is 23.2 Å². The fraction of sp³-hybridized carbons (Fsp3) is 0.250. The van der Waals surface area contributed by atoms with E-state index in [9.17, 15) is 4.39 Å². The molecule has 2 aromatic rings. The SMILES string of the molecule is Fc1cc(Cl)ccc1CNC1Cc2ccccc2C1. The van der Waals surface area contributed by atoms with Gasteiger partial charge in [0.05, 0.1) is 0 Å². The number of nitrogens with one attached hydrogen (secondary N) is 1. The van der Waals surface area contributed by atoms with Gasteiger partial charge in [-0.25, -0.2) is 4.39 Å². The Morgan fingerprint density at radius 3 is 2.42 bits per heavy atom. The summed E-state index contributed by atoms with van der Waals surface area (Å²) in [6.45, 7) is 0.543. The van der Waals surface area contributed by atoms with Crippen LogP contribution in [0.15, 0.2) is 42.5 Å². The van der Waals surface area contributed by atoms with Crippen LogP contribution in [-0.2, 0) is 19.4 Å².